The smallest absolute Gasteiger partial charge is 0.269 e. The number of ketones is 1. The molecule has 0 heterocycles. The van der Waals surface area contributed by atoms with Crippen molar-refractivity contribution in [3.63, 3.8) is 0 Å². The molecule has 0 fully saturated rings. The van der Waals surface area contributed by atoms with Gasteiger partial charge in [-0.3, -0.25) is 14.9 Å². The van der Waals surface area contributed by atoms with Gasteiger partial charge in [-0.15, -0.1) is 0 Å². The van der Waals surface area contributed by atoms with Crippen LogP contribution >= 0.6 is 0 Å². The predicted molar refractivity (Wildman–Crippen MR) is 81.9 cm³/mol. The fourth-order valence-corrected chi connectivity index (χ4v) is 2.05. The molecule has 21 heavy (non-hydrogen) atoms. The Bertz CT molecular complexity index is 680. The van der Waals surface area contributed by atoms with E-state index in [1.54, 1.807) is 24.3 Å². The van der Waals surface area contributed by atoms with Gasteiger partial charge in [0.1, 0.15) is 0 Å². The van der Waals surface area contributed by atoms with Crippen molar-refractivity contribution >= 4 is 22.9 Å². The minimum Gasteiger partial charge on any atom is -0.290 e. The molecule has 5 nitrogen and oxygen atoms in total. The van der Waals surface area contributed by atoms with E-state index in [-0.39, 0.29) is 17.4 Å². The quantitative estimate of drug-likeness (QED) is 0.481. The highest BCUT2D eigenvalue weighted by atomic mass is 16.6. The van der Waals surface area contributed by atoms with Gasteiger partial charge >= 0.3 is 0 Å². The largest absolute Gasteiger partial charge is 0.290 e. The van der Waals surface area contributed by atoms with E-state index in [1.807, 2.05) is 20.8 Å². The summed E-state index contributed by atoms with van der Waals surface area (Å²) in [4.78, 5) is 26.5. The molecule has 0 aliphatic heterocycles. The van der Waals surface area contributed by atoms with Crippen LogP contribution in [0, 0.1) is 16.0 Å². The molecule has 108 valence electrons. The molecular formula is C16H16N2O3. The highest BCUT2D eigenvalue weighted by molar-refractivity contribution is 6.22. The third-order valence-electron chi connectivity index (χ3n) is 3.26. The van der Waals surface area contributed by atoms with Crippen molar-refractivity contribution in [3.8, 4) is 0 Å². The lowest BCUT2D eigenvalue weighted by Gasteiger charge is -2.15. The number of allylic oxidation sites excluding steroid dienone is 4. The molecule has 0 saturated heterocycles. The van der Waals surface area contributed by atoms with Crippen molar-refractivity contribution in [2.75, 3.05) is 0 Å². The lowest BCUT2D eigenvalue weighted by atomic mass is 9.90. The minimum atomic E-state index is -0.446. The lowest BCUT2D eigenvalue weighted by Crippen LogP contribution is -2.15. The van der Waals surface area contributed by atoms with Crippen LogP contribution in [-0.2, 0) is 4.79 Å². The second kappa shape index (κ2) is 5.83. The first-order valence-corrected chi connectivity index (χ1v) is 6.66. The van der Waals surface area contributed by atoms with Crippen LogP contribution in [0.1, 0.15) is 20.8 Å². The Labute approximate surface area is 122 Å². The minimum absolute atomic E-state index is 0.0187. The van der Waals surface area contributed by atoms with Crippen molar-refractivity contribution in [2.24, 2.45) is 10.9 Å². The first-order chi connectivity index (χ1) is 9.88. The van der Waals surface area contributed by atoms with E-state index >= 15 is 0 Å². The van der Waals surface area contributed by atoms with Crippen LogP contribution in [0.2, 0.25) is 0 Å². The van der Waals surface area contributed by atoms with E-state index in [0.29, 0.717) is 11.4 Å². The van der Waals surface area contributed by atoms with E-state index in [1.165, 1.54) is 12.1 Å². The molecule has 5 heteroatoms. The van der Waals surface area contributed by atoms with Crippen molar-refractivity contribution in [1.29, 1.82) is 0 Å². The molecular weight excluding hydrogens is 268 g/mol. The second-order valence-electron chi connectivity index (χ2n) is 5.22. The zero-order valence-electron chi connectivity index (χ0n) is 12.2. The monoisotopic (exact) mass is 284 g/mol. The van der Waals surface area contributed by atoms with Crippen LogP contribution in [0.5, 0.6) is 0 Å². The van der Waals surface area contributed by atoms with Crippen LogP contribution < -0.4 is 0 Å². The molecule has 1 aromatic carbocycles. The number of hydrogen-bond acceptors (Lipinski definition) is 4. The highest BCUT2D eigenvalue weighted by Gasteiger charge is 2.18. The number of carbonyl (C=O) groups is 1. The van der Waals surface area contributed by atoms with Crippen molar-refractivity contribution < 1.29 is 9.72 Å². The first-order valence-electron chi connectivity index (χ1n) is 6.66. The summed E-state index contributed by atoms with van der Waals surface area (Å²) >= 11 is 0. The molecule has 1 aliphatic rings. The Morgan fingerprint density at radius 1 is 1.14 bits per heavy atom. The van der Waals surface area contributed by atoms with Crippen LogP contribution in [0.15, 0.2) is 52.6 Å². The fourth-order valence-electron chi connectivity index (χ4n) is 2.05. The van der Waals surface area contributed by atoms with Crippen LogP contribution in [-0.4, -0.2) is 16.4 Å². The maximum absolute atomic E-state index is 11.9. The number of non-ortho nitro benzene ring substituents is 1. The van der Waals surface area contributed by atoms with Gasteiger partial charge in [0.05, 0.1) is 16.3 Å². The maximum atomic E-state index is 11.9. The molecule has 0 amide bonds. The maximum Gasteiger partial charge on any atom is 0.269 e. The van der Waals surface area contributed by atoms with Gasteiger partial charge in [0, 0.05) is 17.7 Å². The Morgan fingerprint density at radius 3 is 2.29 bits per heavy atom. The molecule has 0 unspecified atom stereocenters. The molecule has 0 N–H and O–H groups in total. The van der Waals surface area contributed by atoms with E-state index in [0.717, 1.165) is 11.1 Å². The number of hydrogen-bond donors (Lipinski definition) is 0. The summed E-state index contributed by atoms with van der Waals surface area (Å²) in [5.41, 5.74) is 2.89. The average Bonchev–Trinajstić information content (AvgIpc) is 2.42. The zero-order chi connectivity index (χ0) is 15.6. The SMILES string of the molecule is CC1=CC(=O)C(C(C)C)=CC1=Nc1ccc([N+](=O)[O-])cc1. The molecule has 0 saturated carbocycles. The van der Waals surface area contributed by atoms with E-state index in [2.05, 4.69) is 4.99 Å². The third kappa shape index (κ3) is 3.31. The molecule has 0 spiro atoms. The van der Waals surface area contributed by atoms with Crippen molar-refractivity contribution in [1.82, 2.24) is 0 Å². The van der Waals surface area contributed by atoms with Crippen LogP contribution in [0.25, 0.3) is 0 Å². The van der Waals surface area contributed by atoms with Gasteiger partial charge in [0.15, 0.2) is 5.78 Å². The fraction of sp³-hybridized carbons (Fsp3) is 0.250. The van der Waals surface area contributed by atoms with Gasteiger partial charge in [0.2, 0.25) is 0 Å². The molecule has 1 aromatic rings. The van der Waals surface area contributed by atoms with Gasteiger partial charge < -0.3 is 0 Å². The van der Waals surface area contributed by atoms with E-state index in [9.17, 15) is 14.9 Å². The third-order valence-corrected chi connectivity index (χ3v) is 3.26. The predicted octanol–water partition coefficient (Wildman–Crippen LogP) is 3.78. The number of carbonyl (C=O) groups excluding carboxylic acids is 1. The summed E-state index contributed by atoms with van der Waals surface area (Å²) < 4.78 is 0. The summed E-state index contributed by atoms with van der Waals surface area (Å²) in [5.74, 6) is 0.147. The Hall–Kier alpha value is -2.56. The first kappa shape index (κ1) is 14.8. The second-order valence-corrected chi connectivity index (χ2v) is 5.22. The number of benzene rings is 1. The van der Waals surface area contributed by atoms with Crippen molar-refractivity contribution in [2.45, 2.75) is 20.8 Å². The Morgan fingerprint density at radius 2 is 1.76 bits per heavy atom. The van der Waals surface area contributed by atoms with Gasteiger partial charge in [-0.25, -0.2) is 4.99 Å². The molecule has 1 aliphatic carbocycles. The number of nitro benzene ring substituents is 1. The average molecular weight is 284 g/mol. The summed E-state index contributed by atoms with van der Waals surface area (Å²) in [6.45, 7) is 5.75. The standard InChI is InChI=1S/C16H16N2O3/c1-10(2)14-9-15(11(3)8-16(14)19)17-12-4-6-13(7-5-12)18(20)21/h4-10H,1-3H3. The molecule has 0 atom stereocenters. The Balaban J connectivity index is 2.37. The van der Waals surface area contributed by atoms with Crippen LogP contribution in [0.3, 0.4) is 0 Å². The summed E-state index contributed by atoms with van der Waals surface area (Å²) in [5, 5.41) is 10.6. The van der Waals surface area contributed by atoms with Crippen LogP contribution in [0.4, 0.5) is 11.4 Å². The Kier molecular flexibility index (Phi) is 4.12. The summed E-state index contributed by atoms with van der Waals surface area (Å²) in [6.07, 6.45) is 3.38. The van der Waals surface area contributed by atoms with E-state index < -0.39 is 4.92 Å². The number of nitro groups is 1. The van der Waals surface area contributed by atoms with Gasteiger partial charge in [0.25, 0.3) is 5.69 Å². The molecule has 0 bridgehead atoms. The number of nitrogens with zero attached hydrogens (tertiary/aromatic N) is 2. The molecule has 0 aromatic heterocycles. The molecule has 2 rings (SSSR count). The van der Waals surface area contributed by atoms with Gasteiger partial charge in [-0.1, -0.05) is 13.8 Å². The van der Waals surface area contributed by atoms with Crippen molar-refractivity contribution in [3.05, 3.63) is 57.7 Å². The topological polar surface area (TPSA) is 72.6 Å². The lowest BCUT2D eigenvalue weighted by molar-refractivity contribution is -0.384. The summed E-state index contributed by atoms with van der Waals surface area (Å²) in [7, 11) is 0. The highest BCUT2D eigenvalue weighted by Crippen LogP contribution is 2.23. The summed E-state index contributed by atoms with van der Waals surface area (Å²) in [6, 6.07) is 6.02. The molecule has 0 radical (unpaired) electrons. The number of rotatable bonds is 3. The van der Waals surface area contributed by atoms with Gasteiger partial charge in [-0.05, 0) is 42.7 Å². The van der Waals surface area contributed by atoms with E-state index in [4.69, 9.17) is 0 Å². The number of aliphatic imine (C=N–C) groups is 1. The zero-order valence-corrected chi connectivity index (χ0v) is 12.2. The normalized spacial score (nSPS) is 17.0. The van der Waals surface area contributed by atoms with Gasteiger partial charge in [-0.2, -0.15) is 0 Å².